The lowest BCUT2D eigenvalue weighted by Gasteiger charge is -2.34. The molecule has 1 aliphatic rings. The van der Waals surface area contributed by atoms with Gasteiger partial charge in [0.05, 0.1) is 11.6 Å². The second-order valence-electron chi connectivity index (χ2n) is 8.32. The predicted molar refractivity (Wildman–Crippen MR) is 129 cm³/mol. The van der Waals surface area contributed by atoms with Gasteiger partial charge < -0.3 is 10.2 Å². The first-order valence-electron chi connectivity index (χ1n) is 10.6. The van der Waals surface area contributed by atoms with E-state index in [1.807, 2.05) is 36.9 Å². The molecule has 33 heavy (non-hydrogen) atoms. The van der Waals surface area contributed by atoms with Crippen LogP contribution in [0, 0.1) is 13.8 Å². The van der Waals surface area contributed by atoms with Gasteiger partial charge >= 0.3 is 0 Å². The van der Waals surface area contributed by atoms with Crippen molar-refractivity contribution in [3.8, 4) is 0 Å². The zero-order valence-electron chi connectivity index (χ0n) is 19.3. The lowest BCUT2D eigenvalue weighted by atomic mass is 10.1. The third-order valence-corrected chi connectivity index (χ3v) is 8.01. The van der Waals surface area contributed by atoms with Crippen LogP contribution < -0.4 is 5.32 Å². The molecule has 2 aromatic rings. The number of benzene rings is 2. The Balaban J connectivity index is 1.61. The number of carbonyl (C=O) groups is 2. The highest BCUT2D eigenvalue weighted by atomic mass is 35.5. The van der Waals surface area contributed by atoms with E-state index in [1.54, 1.807) is 4.90 Å². The number of carbonyl (C=O) groups excluding carboxylic acids is 2. The molecule has 178 valence electrons. The first kappa shape index (κ1) is 25.2. The highest BCUT2D eigenvalue weighted by Gasteiger charge is 2.26. The van der Waals surface area contributed by atoms with Crippen LogP contribution in [-0.4, -0.2) is 81.2 Å². The van der Waals surface area contributed by atoms with Crippen molar-refractivity contribution in [2.24, 2.45) is 0 Å². The van der Waals surface area contributed by atoms with E-state index in [0.717, 1.165) is 21.1 Å². The van der Waals surface area contributed by atoms with Crippen LogP contribution in [-0.2, 0) is 14.8 Å². The van der Waals surface area contributed by atoms with Gasteiger partial charge in [0.25, 0.3) is 5.91 Å². The van der Waals surface area contributed by atoms with Gasteiger partial charge in [0.2, 0.25) is 15.9 Å². The SMILES string of the molecule is Cc1cccc(C)c1NC(=O)CN1CCN(C(=O)c2ccc(Cl)c(S(=O)(=O)N(C)C)c2)CC1. The highest BCUT2D eigenvalue weighted by molar-refractivity contribution is 7.89. The van der Waals surface area contributed by atoms with Gasteiger partial charge in [0.15, 0.2) is 0 Å². The largest absolute Gasteiger partial charge is 0.336 e. The Labute approximate surface area is 200 Å². The van der Waals surface area contributed by atoms with E-state index in [9.17, 15) is 18.0 Å². The summed E-state index contributed by atoms with van der Waals surface area (Å²) in [5.41, 5.74) is 3.12. The minimum Gasteiger partial charge on any atom is -0.336 e. The summed E-state index contributed by atoms with van der Waals surface area (Å²) >= 11 is 6.09. The Kier molecular flexibility index (Phi) is 7.79. The quantitative estimate of drug-likeness (QED) is 0.669. The van der Waals surface area contributed by atoms with E-state index < -0.39 is 10.0 Å². The van der Waals surface area contributed by atoms with Crippen LogP contribution in [0.15, 0.2) is 41.3 Å². The number of anilines is 1. The molecule has 1 aliphatic heterocycles. The first-order chi connectivity index (χ1) is 15.5. The topological polar surface area (TPSA) is 90.0 Å². The molecule has 2 aromatic carbocycles. The molecule has 0 radical (unpaired) electrons. The number of hydrogen-bond donors (Lipinski definition) is 1. The molecule has 0 aliphatic carbocycles. The number of nitrogens with one attached hydrogen (secondary N) is 1. The number of rotatable bonds is 6. The lowest BCUT2D eigenvalue weighted by molar-refractivity contribution is -0.117. The maximum Gasteiger partial charge on any atom is 0.253 e. The second kappa shape index (κ2) is 10.2. The van der Waals surface area contributed by atoms with Gasteiger partial charge in [-0.25, -0.2) is 12.7 Å². The van der Waals surface area contributed by atoms with Gasteiger partial charge in [0, 0.05) is 51.5 Å². The van der Waals surface area contributed by atoms with Crippen LogP contribution in [0.1, 0.15) is 21.5 Å². The summed E-state index contributed by atoms with van der Waals surface area (Å²) in [7, 11) is -0.945. The van der Waals surface area contributed by atoms with E-state index >= 15 is 0 Å². The molecule has 0 saturated carbocycles. The molecule has 0 unspecified atom stereocenters. The van der Waals surface area contributed by atoms with Crippen molar-refractivity contribution in [1.82, 2.24) is 14.1 Å². The fourth-order valence-electron chi connectivity index (χ4n) is 3.72. The van der Waals surface area contributed by atoms with Crippen molar-refractivity contribution in [3.05, 3.63) is 58.1 Å². The Morgan fingerprint density at radius 3 is 2.21 bits per heavy atom. The minimum absolute atomic E-state index is 0.0694. The number of piperazine rings is 1. The third-order valence-electron chi connectivity index (χ3n) is 5.71. The van der Waals surface area contributed by atoms with E-state index in [0.29, 0.717) is 26.2 Å². The van der Waals surface area contributed by atoms with Gasteiger partial charge in [-0.15, -0.1) is 0 Å². The number of sulfonamides is 1. The molecule has 1 N–H and O–H groups in total. The number of nitrogens with zero attached hydrogens (tertiary/aromatic N) is 3. The van der Waals surface area contributed by atoms with Gasteiger partial charge in [-0.3, -0.25) is 14.5 Å². The summed E-state index contributed by atoms with van der Waals surface area (Å²) in [5.74, 6) is -0.357. The maximum absolute atomic E-state index is 13.0. The van der Waals surface area contributed by atoms with Gasteiger partial charge in [-0.1, -0.05) is 29.8 Å². The van der Waals surface area contributed by atoms with E-state index in [-0.39, 0.29) is 33.8 Å². The molecular weight excluding hydrogens is 464 g/mol. The zero-order chi connectivity index (χ0) is 24.3. The zero-order valence-corrected chi connectivity index (χ0v) is 20.8. The minimum atomic E-state index is -3.77. The molecule has 1 heterocycles. The fraction of sp³-hybridized carbons (Fsp3) is 0.391. The smallest absolute Gasteiger partial charge is 0.253 e. The highest BCUT2D eigenvalue weighted by Crippen LogP contribution is 2.25. The average Bonchev–Trinajstić information content (AvgIpc) is 2.76. The van der Waals surface area contributed by atoms with Crippen molar-refractivity contribution in [2.75, 3.05) is 52.1 Å². The average molecular weight is 493 g/mol. The normalized spacial score (nSPS) is 15.0. The summed E-state index contributed by atoms with van der Waals surface area (Å²) in [4.78, 5) is 29.1. The molecule has 10 heteroatoms. The van der Waals surface area contributed by atoms with Crippen molar-refractivity contribution in [2.45, 2.75) is 18.7 Å². The van der Waals surface area contributed by atoms with Crippen LogP contribution in [0.2, 0.25) is 5.02 Å². The summed E-state index contributed by atoms with van der Waals surface area (Å²) in [6.07, 6.45) is 0. The Hall–Kier alpha value is -2.46. The molecule has 1 fully saturated rings. The van der Waals surface area contributed by atoms with Crippen molar-refractivity contribution in [1.29, 1.82) is 0 Å². The first-order valence-corrected chi connectivity index (χ1v) is 12.4. The number of aryl methyl sites for hydroxylation is 2. The van der Waals surface area contributed by atoms with Gasteiger partial charge in [-0.2, -0.15) is 0 Å². The Morgan fingerprint density at radius 2 is 1.64 bits per heavy atom. The van der Waals surface area contributed by atoms with Crippen LogP contribution in [0.25, 0.3) is 0 Å². The second-order valence-corrected chi connectivity index (χ2v) is 10.8. The van der Waals surface area contributed by atoms with Crippen molar-refractivity contribution < 1.29 is 18.0 Å². The van der Waals surface area contributed by atoms with E-state index in [1.165, 1.54) is 32.3 Å². The molecule has 1 saturated heterocycles. The van der Waals surface area contributed by atoms with E-state index in [4.69, 9.17) is 11.6 Å². The van der Waals surface area contributed by atoms with Crippen molar-refractivity contribution in [3.63, 3.8) is 0 Å². The van der Waals surface area contributed by atoms with Gasteiger partial charge in [-0.05, 0) is 43.2 Å². The maximum atomic E-state index is 13.0. The number of hydrogen-bond acceptors (Lipinski definition) is 5. The van der Waals surface area contributed by atoms with E-state index in [2.05, 4.69) is 5.32 Å². The van der Waals surface area contributed by atoms with Crippen LogP contribution in [0.5, 0.6) is 0 Å². The molecular formula is C23H29ClN4O4S. The molecule has 3 rings (SSSR count). The molecule has 8 nitrogen and oxygen atoms in total. The molecule has 0 atom stereocenters. The standard InChI is InChI=1S/C23H29ClN4O4S/c1-16-6-5-7-17(2)22(16)25-21(29)15-27-10-12-28(13-11-27)23(30)18-8-9-19(24)20(14-18)33(31,32)26(3)4/h5-9,14H,10-13,15H2,1-4H3,(H,25,29). The number of amides is 2. The summed E-state index contributed by atoms with van der Waals surface area (Å²) in [6.45, 7) is 6.12. The molecule has 0 spiro atoms. The summed E-state index contributed by atoms with van der Waals surface area (Å²) < 4.78 is 26.0. The van der Waals surface area contributed by atoms with Gasteiger partial charge in [0.1, 0.15) is 4.90 Å². The lowest BCUT2D eigenvalue weighted by Crippen LogP contribution is -2.50. The van der Waals surface area contributed by atoms with Crippen LogP contribution in [0.3, 0.4) is 0 Å². The summed E-state index contributed by atoms with van der Waals surface area (Å²) in [5, 5.41) is 3.06. The molecule has 2 amide bonds. The van der Waals surface area contributed by atoms with Crippen molar-refractivity contribution >= 4 is 39.1 Å². The molecule has 0 bridgehead atoms. The monoisotopic (exact) mass is 492 g/mol. The third kappa shape index (κ3) is 5.73. The molecule has 0 aromatic heterocycles. The Morgan fingerprint density at radius 1 is 1.03 bits per heavy atom. The number of halogens is 1. The van der Waals surface area contributed by atoms with Crippen LogP contribution in [0.4, 0.5) is 5.69 Å². The predicted octanol–water partition coefficient (Wildman–Crippen LogP) is 2.60. The van der Waals surface area contributed by atoms with Crippen LogP contribution >= 0.6 is 11.6 Å². The Bertz CT molecular complexity index is 1140. The fourth-order valence-corrected chi connectivity index (χ4v) is 5.11. The number of para-hydroxylation sites is 1. The summed E-state index contributed by atoms with van der Waals surface area (Å²) in [6, 6.07) is 10.2.